The van der Waals surface area contributed by atoms with Gasteiger partial charge in [0.15, 0.2) is 6.29 Å². The predicted molar refractivity (Wildman–Crippen MR) is 61.9 cm³/mol. The van der Waals surface area contributed by atoms with Crippen molar-refractivity contribution in [1.29, 1.82) is 0 Å². The second kappa shape index (κ2) is 6.66. The molecule has 1 saturated heterocycles. The van der Waals surface area contributed by atoms with Crippen LogP contribution in [0.1, 0.15) is 20.3 Å². The fourth-order valence-corrected chi connectivity index (χ4v) is 1.84. The number of rotatable bonds is 7. The fourth-order valence-electron chi connectivity index (χ4n) is 1.84. The smallest absolute Gasteiger partial charge is 0.223 e. The first-order valence-electron chi connectivity index (χ1n) is 5.84. The lowest BCUT2D eigenvalue weighted by molar-refractivity contribution is -0.155. The average molecular weight is 227 g/mol. The van der Waals surface area contributed by atoms with Gasteiger partial charge in [-0.1, -0.05) is 6.08 Å². The Hall–Kier alpha value is -0.870. The summed E-state index contributed by atoms with van der Waals surface area (Å²) in [5, 5.41) is 0. The molecule has 0 aliphatic carbocycles. The van der Waals surface area contributed by atoms with E-state index in [1.807, 2.05) is 19.9 Å². The molecule has 0 aromatic heterocycles. The normalized spacial score (nSPS) is 20.8. The molecule has 16 heavy (non-hydrogen) atoms. The summed E-state index contributed by atoms with van der Waals surface area (Å²) in [7, 11) is 0. The molecule has 1 atom stereocenters. The number of carbonyl (C=O) groups excluding carboxylic acids is 1. The lowest BCUT2D eigenvalue weighted by atomic mass is 10.1. The molecule has 4 nitrogen and oxygen atoms in total. The molecule has 0 radical (unpaired) electrons. The molecule has 0 bridgehead atoms. The van der Waals surface area contributed by atoms with Crippen LogP contribution in [0.5, 0.6) is 0 Å². The summed E-state index contributed by atoms with van der Waals surface area (Å²) in [6, 6.07) is 0. The summed E-state index contributed by atoms with van der Waals surface area (Å²) in [6.07, 6.45) is 2.10. The highest BCUT2D eigenvalue weighted by atomic mass is 16.7. The molecule has 0 aromatic carbocycles. The lowest BCUT2D eigenvalue weighted by Crippen LogP contribution is -2.36. The third-order valence-corrected chi connectivity index (χ3v) is 2.65. The van der Waals surface area contributed by atoms with Crippen molar-refractivity contribution in [1.82, 2.24) is 4.90 Å². The van der Waals surface area contributed by atoms with Crippen molar-refractivity contribution in [3.8, 4) is 0 Å². The molecule has 0 N–H and O–H groups in total. The maximum Gasteiger partial charge on any atom is 0.223 e. The van der Waals surface area contributed by atoms with Crippen molar-refractivity contribution in [3.05, 3.63) is 12.7 Å². The Morgan fingerprint density at radius 1 is 1.50 bits per heavy atom. The number of hydrogen-bond acceptors (Lipinski definition) is 3. The zero-order valence-corrected chi connectivity index (χ0v) is 10.1. The van der Waals surface area contributed by atoms with Gasteiger partial charge in [-0.25, -0.2) is 0 Å². The van der Waals surface area contributed by atoms with Crippen LogP contribution in [0.25, 0.3) is 0 Å². The van der Waals surface area contributed by atoms with Crippen LogP contribution in [0.3, 0.4) is 0 Å². The maximum absolute atomic E-state index is 11.7. The molecule has 1 fully saturated rings. The molecule has 92 valence electrons. The second-order valence-electron chi connectivity index (χ2n) is 3.84. The van der Waals surface area contributed by atoms with Gasteiger partial charge < -0.3 is 14.4 Å². The third-order valence-electron chi connectivity index (χ3n) is 2.65. The monoisotopic (exact) mass is 227 g/mol. The van der Waals surface area contributed by atoms with Gasteiger partial charge in [0.2, 0.25) is 5.91 Å². The van der Waals surface area contributed by atoms with Gasteiger partial charge >= 0.3 is 0 Å². The van der Waals surface area contributed by atoms with Crippen molar-refractivity contribution in [2.75, 3.05) is 26.3 Å². The molecule has 1 aliphatic heterocycles. The Morgan fingerprint density at radius 2 is 2.12 bits per heavy atom. The average Bonchev–Trinajstić information content (AvgIpc) is 2.60. The van der Waals surface area contributed by atoms with Crippen molar-refractivity contribution in [3.63, 3.8) is 0 Å². The van der Waals surface area contributed by atoms with Crippen molar-refractivity contribution >= 4 is 5.91 Å². The zero-order valence-electron chi connectivity index (χ0n) is 10.1. The second-order valence-corrected chi connectivity index (χ2v) is 3.84. The Morgan fingerprint density at radius 3 is 2.56 bits per heavy atom. The first-order chi connectivity index (χ1) is 7.71. The van der Waals surface area contributed by atoms with Crippen molar-refractivity contribution in [2.45, 2.75) is 26.6 Å². The van der Waals surface area contributed by atoms with E-state index in [9.17, 15) is 4.79 Å². The van der Waals surface area contributed by atoms with E-state index in [0.29, 0.717) is 26.2 Å². The SMILES string of the molecule is C=CC1CC(=O)N(CC(OCC)OCC)C1. The molecule has 1 unspecified atom stereocenters. The summed E-state index contributed by atoms with van der Waals surface area (Å²) < 4.78 is 10.8. The first-order valence-corrected chi connectivity index (χ1v) is 5.84. The molecule has 0 spiro atoms. The molecular weight excluding hydrogens is 206 g/mol. The predicted octanol–water partition coefficient (Wildman–Crippen LogP) is 1.42. The Labute approximate surface area is 97.2 Å². The maximum atomic E-state index is 11.7. The van der Waals surface area contributed by atoms with E-state index in [1.165, 1.54) is 0 Å². The molecule has 0 saturated carbocycles. The van der Waals surface area contributed by atoms with E-state index >= 15 is 0 Å². The topological polar surface area (TPSA) is 38.8 Å². The quantitative estimate of drug-likeness (QED) is 0.488. The summed E-state index contributed by atoms with van der Waals surface area (Å²) in [6.45, 7) is 10.0. The minimum atomic E-state index is -0.303. The number of ether oxygens (including phenoxy) is 2. The molecule has 1 amide bonds. The van der Waals surface area contributed by atoms with E-state index in [1.54, 1.807) is 4.90 Å². The van der Waals surface area contributed by atoms with Crippen LogP contribution >= 0.6 is 0 Å². The van der Waals surface area contributed by atoms with Crippen LogP contribution < -0.4 is 0 Å². The van der Waals surface area contributed by atoms with Crippen LogP contribution in [0, 0.1) is 5.92 Å². The molecule has 1 heterocycles. The number of hydrogen-bond donors (Lipinski definition) is 0. The highest BCUT2D eigenvalue weighted by Crippen LogP contribution is 2.19. The highest BCUT2D eigenvalue weighted by molar-refractivity contribution is 5.79. The fraction of sp³-hybridized carbons (Fsp3) is 0.750. The van der Waals surface area contributed by atoms with Crippen LogP contribution in [-0.2, 0) is 14.3 Å². The van der Waals surface area contributed by atoms with E-state index in [2.05, 4.69) is 6.58 Å². The van der Waals surface area contributed by atoms with E-state index in [4.69, 9.17) is 9.47 Å². The van der Waals surface area contributed by atoms with Crippen LogP contribution in [0.15, 0.2) is 12.7 Å². The lowest BCUT2D eigenvalue weighted by Gasteiger charge is -2.23. The third kappa shape index (κ3) is 3.61. The molecule has 4 heteroatoms. The molecule has 1 aliphatic rings. The van der Waals surface area contributed by atoms with Gasteiger partial charge in [-0.3, -0.25) is 4.79 Å². The summed E-state index contributed by atoms with van der Waals surface area (Å²) in [5.41, 5.74) is 0. The number of amides is 1. The first kappa shape index (κ1) is 13.2. The largest absolute Gasteiger partial charge is 0.351 e. The van der Waals surface area contributed by atoms with Gasteiger partial charge in [0, 0.05) is 32.1 Å². The molecule has 0 aromatic rings. The molecular formula is C12H21NO3. The van der Waals surface area contributed by atoms with Crippen molar-refractivity contribution < 1.29 is 14.3 Å². The summed E-state index contributed by atoms with van der Waals surface area (Å²) >= 11 is 0. The van der Waals surface area contributed by atoms with E-state index < -0.39 is 0 Å². The van der Waals surface area contributed by atoms with E-state index in [-0.39, 0.29) is 18.1 Å². The standard InChI is InChI=1S/C12H21NO3/c1-4-10-7-11(14)13(8-10)9-12(15-5-2)16-6-3/h4,10,12H,1,5-9H2,2-3H3. The summed E-state index contributed by atoms with van der Waals surface area (Å²) in [4.78, 5) is 13.4. The van der Waals surface area contributed by atoms with Gasteiger partial charge in [-0.15, -0.1) is 6.58 Å². The van der Waals surface area contributed by atoms with Gasteiger partial charge in [-0.2, -0.15) is 0 Å². The Kier molecular flexibility index (Phi) is 5.49. The zero-order chi connectivity index (χ0) is 12.0. The van der Waals surface area contributed by atoms with Crippen LogP contribution in [0.2, 0.25) is 0 Å². The Bertz CT molecular complexity index is 236. The minimum Gasteiger partial charge on any atom is -0.351 e. The minimum absolute atomic E-state index is 0.161. The van der Waals surface area contributed by atoms with Crippen molar-refractivity contribution in [2.24, 2.45) is 5.92 Å². The Balaban J connectivity index is 2.44. The van der Waals surface area contributed by atoms with Gasteiger partial charge in [0.25, 0.3) is 0 Å². The van der Waals surface area contributed by atoms with Gasteiger partial charge in [0.1, 0.15) is 0 Å². The van der Waals surface area contributed by atoms with Gasteiger partial charge in [0.05, 0.1) is 6.54 Å². The molecule has 1 rings (SSSR count). The van der Waals surface area contributed by atoms with Crippen LogP contribution in [-0.4, -0.2) is 43.4 Å². The number of nitrogens with zero attached hydrogens (tertiary/aromatic N) is 1. The van der Waals surface area contributed by atoms with E-state index in [0.717, 1.165) is 6.54 Å². The highest BCUT2D eigenvalue weighted by Gasteiger charge is 2.29. The summed E-state index contributed by atoms with van der Waals surface area (Å²) in [5.74, 6) is 0.436. The van der Waals surface area contributed by atoms with Crippen LogP contribution in [0.4, 0.5) is 0 Å². The van der Waals surface area contributed by atoms with Gasteiger partial charge in [-0.05, 0) is 13.8 Å². The number of likely N-dealkylation sites (tertiary alicyclic amines) is 1. The number of carbonyl (C=O) groups is 1.